The molecule has 1 aromatic heterocycles. The zero-order chi connectivity index (χ0) is 11.5. The maximum atomic E-state index is 11.3. The van der Waals surface area contributed by atoms with E-state index in [1.165, 1.54) is 6.33 Å². The predicted molar refractivity (Wildman–Crippen MR) is 60.7 cm³/mol. The molecule has 0 aromatic carbocycles. The molecule has 1 aliphatic heterocycles. The van der Waals surface area contributed by atoms with Crippen molar-refractivity contribution in [2.75, 3.05) is 24.6 Å². The maximum Gasteiger partial charge on any atom is 0.222 e. The van der Waals surface area contributed by atoms with Gasteiger partial charge in [-0.15, -0.1) is 0 Å². The molecular weight excluding hydrogens is 206 g/mol. The van der Waals surface area contributed by atoms with E-state index in [0.29, 0.717) is 24.6 Å². The van der Waals surface area contributed by atoms with Crippen molar-refractivity contribution in [3.8, 4) is 0 Å². The quantitative estimate of drug-likeness (QED) is 0.739. The fourth-order valence-corrected chi connectivity index (χ4v) is 1.79. The van der Waals surface area contributed by atoms with Crippen molar-refractivity contribution < 1.29 is 4.79 Å². The number of likely N-dealkylation sites (N-methyl/N-ethyl adjacent to an activating group) is 1. The second-order valence-corrected chi connectivity index (χ2v) is 3.98. The number of aromatic nitrogens is 2. The van der Waals surface area contributed by atoms with Crippen molar-refractivity contribution in [1.29, 1.82) is 0 Å². The molecule has 1 aliphatic rings. The predicted octanol–water partition coefficient (Wildman–Crippen LogP) is 0.0915. The van der Waals surface area contributed by atoms with Crippen molar-refractivity contribution in [1.82, 2.24) is 14.9 Å². The van der Waals surface area contributed by atoms with Crippen molar-refractivity contribution in [3.05, 3.63) is 12.4 Å². The fourth-order valence-electron chi connectivity index (χ4n) is 1.79. The molecule has 86 valence electrons. The summed E-state index contributed by atoms with van der Waals surface area (Å²) in [6.45, 7) is 0.697. The smallest absolute Gasteiger partial charge is 0.222 e. The van der Waals surface area contributed by atoms with Crippen LogP contribution in [0.3, 0.4) is 0 Å². The minimum atomic E-state index is 0.195. The SMILES string of the molecule is CN1CC(Nc2cc(N)ncn2)CCC1=O. The first kappa shape index (κ1) is 10.7. The van der Waals surface area contributed by atoms with Gasteiger partial charge >= 0.3 is 0 Å². The largest absolute Gasteiger partial charge is 0.384 e. The molecule has 6 nitrogen and oxygen atoms in total. The van der Waals surface area contributed by atoms with Gasteiger partial charge in [0.25, 0.3) is 0 Å². The zero-order valence-corrected chi connectivity index (χ0v) is 9.18. The lowest BCUT2D eigenvalue weighted by Crippen LogP contribution is -2.43. The van der Waals surface area contributed by atoms with Gasteiger partial charge in [0, 0.05) is 32.1 Å². The van der Waals surface area contributed by atoms with Crippen molar-refractivity contribution >= 4 is 17.5 Å². The Kier molecular flexibility index (Phi) is 2.89. The molecule has 16 heavy (non-hydrogen) atoms. The number of likely N-dealkylation sites (tertiary alicyclic amines) is 1. The number of hydrogen-bond donors (Lipinski definition) is 2. The van der Waals surface area contributed by atoms with E-state index in [2.05, 4.69) is 15.3 Å². The molecule has 1 fully saturated rings. The molecule has 1 aromatic rings. The molecule has 2 rings (SSSR count). The van der Waals surface area contributed by atoms with Crippen LogP contribution in [0.15, 0.2) is 12.4 Å². The number of carbonyl (C=O) groups is 1. The highest BCUT2D eigenvalue weighted by Crippen LogP contribution is 2.14. The number of piperidine rings is 1. The molecule has 0 bridgehead atoms. The second-order valence-electron chi connectivity index (χ2n) is 3.98. The summed E-state index contributed by atoms with van der Waals surface area (Å²) in [5, 5.41) is 3.25. The molecule has 0 saturated carbocycles. The van der Waals surface area contributed by atoms with Crippen LogP contribution in [0.2, 0.25) is 0 Å². The van der Waals surface area contributed by atoms with E-state index in [-0.39, 0.29) is 11.9 Å². The van der Waals surface area contributed by atoms with Crippen LogP contribution in [-0.4, -0.2) is 40.4 Å². The summed E-state index contributed by atoms with van der Waals surface area (Å²) in [4.78, 5) is 20.9. The van der Waals surface area contributed by atoms with Gasteiger partial charge in [0.1, 0.15) is 18.0 Å². The Balaban J connectivity index is 1.98. The van der Waals surface area contributed by atoms with Gasteiger partial charge in [0.05, 0.1) is 0 Å². The van der Waals surface area contributed by atoms with Crippen LogP contribution >= 0.6 is 0 Å². The topological polar surface area (TPSA) is 84.1 Å². The summed E-state index contributed by atoms with van der Waals surface area (Å²) >= 11 is 0. The summed E-state index contributed by atoms with van der Waals surface area (Å²) in [5.74, 6) is 1.35. The van der Waals surface area contributed by atoms with E-state index >= 15 is 0 Å². The van der Waals surface area contributed by atoms with E-state index in [9.17, 15) is 4.79 Å². The minimum absolute atomic E-state index is 0.195. The van der Waals surface area contributed by atoms with Gasteiger partial charge in [-0.25, -0.2) is 9.97 Å². The number of amides is 1. The molecule has 1 saturated heterocycles. The standard InChI is InChI=1S/C10H15N5O/c1-15-5-7(2-3-10(15)16)14-9-4-8(11)12-6-13-9/h4,6-7H,2-3,5H2,1H3,(H3,11,12,13,14). The lowest BCUT2D eigenvalue weighted by Gasteiger charge is -2.30. The van der Waals surface area contributed by atoms with Gasteiger partial charge in [0.15, 0.2) is 0 Å². The summed E-state index contributed by atoms with van der Waals surface area (Å²) in [6.07, 6.45) is 2.83. The van der Waals surface area contributed by atoms with E-state index in [0.717, 1.165) is 6.42 Å². The van der Waals surface area contributed by atoms with Crippen LogP contribution < -0.4 is 11.1 Å². The first-order chi connectivity index (χ1) is 7.65. The maximum absolute atomic E-state index is 11.3. The Bertz CT molecular complexity index is 395. The molecule has 6 heteroatoms. The Morgan fingerprint density at radius 2 is 2.38 bits per heavy atom. The number of nitrogen functional groups attached to an aromatic ring is 1. The van der Waals surface area contributed by atoms with Gasteiger partial charge in [-0.2, -0.15) is 0 Å². The number of anilines is 2. The lowest BCUT2D eigenvalue weighted by molar-refractivity contribution is -0.132. The van der Waals surface area contributed by atoms with Crippen LogP contribution in [0, 0.1) is 0 Å². The number of hydrogen-bond acceptors (Lipinski definition) is 5. The van der Waals surface area contributed by atoms with Gasteiger partial charge in [0.2, 0.25) is 5.91 Å². The number of rotatable bonds is 2. The third kappa shape index (κ3) is 2.39. The summed E-state index contributed by atoms with van der Waals surface area (Å²) in [7, 11) is 1.81. The van der Waals surface area contributed by atoms with Crippen LogP contribution in [0.1, 0.15) is 12.8 Å². The molecule has 1 unspecified atom stereocenters. The Morgan fingerprint density at radius 3 is 3.06 bits per heavy atom. The van der Waals surface area contributed by atoms with Crippen LogP contribution in [0.5, 0.6) is 0 Å². The molecule has 1 amide bonds. The van der Waals surface area contributed by atoms with Gasteiger partial charge in [-0.05, 0) is 6.42 Å². The first-order valence-corrected chi connectivity index (χ1v) is 5.23. The number of carbonyl (C=O) groups excluding carboxylic acids is 1. The molecule has 0 aliphatic carbocycles. The summed E-state index contributed by atoms with van der Waals surface area (Å²) in [6, 6.07) is 1.92. The first-order valence-electron chi connectivity index (χ1n) is 5.23. The molecule has 0 spiro atoms. The highest BCUT2D eigenvalue weighted by atomic mass is 16.2. The normalized spacial score (nSPS) is 20.9. The van der Waals surface area contributed by atoms with E-state index in [1.807, 2.05) is 7.05 Å². The molecule has 2 heterocycles. The molecular formula is C10H15N5O. The summed E-state index contributed by atoms with van der Waals surface area (Å²) < 4.78 is 0. The zero-order valence-electron chi connectivity index (χ0n) is 9.18. The van der Waals surface area contributed by atoms with Crippen LogP contribution in [0.4, 0.5) is 11.6 Å². The average molecular weight is 221 g/mol. The Hall–Kier alpha value is -1.85. The average Bonchev–Trinajstić information content (AvgIpc) is 2.24. The Morgan fingerprint density at radius 1 is 1.56 bits per heavy atom. The Labute approximate surface area is 93.9 Å². The van der Waals surface area contributed by atoms with Crippen molar-refractivity contribution in [3.63, 3.8) is 0 Å². The third-order valence-electron chi connectivity index (χ3n) is 2.67. The monoisotopic (exact) mass is 221 g/mol. The number of nitrogens with zero attached hydrogens (tertiary/aromatic N) is 3. The third-order valence-corrected chi connectivity index (χ3v) is 2.67. The van der Waals surface area contributed by atoms with E-state index in [1.54, 1.807) is 11.0 Å². The van der Waals surface area contributed by atoms with E-state index < -0.39 is 0 Å². The van der Waals surface area contributed by atoms with Crippen LogP contribution in [0.25, 0.3) is 0 Å². The highest BCUT2D eigenvalue weighted by molar-refractivity contribution is 5.77. The minimum Gasteiger partial charge on any atom is -0.384 e. The van der Waals surface area contributed by atoms with Crippen molar-refractivity contribution in [2.24, 2.45) is 0 Å². The number of nitrogens with two attached hydrogens (primary N) is 1. The van der Waals surface area contributed by atoms with Gasteiger partial charge in [-0.1, -0.05) is 0 Å². The molecule has 3 N–H and O–H groups in total. The van der Waals surface area contributed by atoms with Crippen LogP contribution in [-0.2, 0) is 4.79 Å². The fraction of sp³-hybridized carbons (Fsp3) is 0.500. The number of nitrogens with one attached hydrogen (secondary N) is 1. The lowest BCUT2D eigenvalue weighted by atomic mass is 10.1. The van der Waals surface area contributed by atoms with Crippen molar-refractivity contribution in [2.45, 2.75) is 18.9 Å². The second kappa shape index (κ2) is 4.34. The molecule has 0 radical (unpaired) electrons. The molecule has 1 atom stereocenters. The van der Waals surface area contributed by atoms with E-state index in [4.69, 9.17) is 5.73 Å². The summed E-state index contributed by atoms with van der Waals surface area (Å²) in [5.41, 5.74) is 5.56. The van der Waals surface area contributed by atoms with Gasteiger partial charge < -0.3 is 16.0 Å². The van der Waals surface area contributed by atoms with Gasteiger partial charge in [-0.3, -0.25) is 4.79 Å². The highest BCUT2D eigenvalue weighted by Gasteiger charge is 2.22.